The number of hydrogen-bond acceptors (Lipinski definition) is 6. The van der Waals surface area contributed by atoms with E-state index in [2.05, 4.69) is 10.5 Å². The molecule has 0 bridgehead atoms. The number of amides is 1. The number of aryl methyl sites for hydroxylation is 2. The lowest BCUT2D eigenvalue weighted by atomic mass is 10.2. The molecule has 0 fully saturated rings. The Labute approximate surface area is 225 Å². The summed E-state index contributed by atoms with van der Waals surface area (Å²) in [5.41, 5.74) is 5.04. The van der Waals surface area contributed by atoms with Crippen molar-refractivity contribution in [1.29, 1.82) is 0 Å². The molecule has 1 N–H and O–H groups in total. The first-order valence-electron chi connectivity index (χ1n) is 11.2. The van der Waals surface area contributed by atoms with Gasteiger partial charge in [0.25, 0.3) is 11.5 Å². The molecule has 0 unspecified atom stereocenters. The Bertz CT molecular complexity index is 1540. The van der Waals surface area contributed by atoms with Crippen LogP contribution in [0, 0.1) is 0 Å². The number of benzene rings is 2. The molecule has 1 amide bonds. The molecule has 182 valence electrons. The number of carbonyl (C=O) groups is 1. The summed E-state index contributed by atoms with van der Waals surface area (Å²) in [6.07, 6.45) is 6.04. The molecule has 5 rings (SSSR count). The van der Waals surface area contributed by atoms with Crippen LogP contribution in [0.4, 0.5) is 0 Å². The van der Waals surface area contributed by atoms with E-state index in [4.69, 9.17) is 28.2 Å². The maximum atomic E-state index is 13.6. The van der Waals surface area contributed by atoms with Crippen LogP contribution in [0.2, 0.25) is 5.02 Å². The molecular formula is C26H20Cl2N4O2S2. The Morgan fingerprint density at radius 2 is 1.94 bits per heavy atom. The van der Waals surface area contributed by atoms with Gasteiger partial charge in [-0.3, -0.25) is 14.2 Å². The molecule has 0 radical (unpaired) electrons. The first kappa shape index (κ1) is 24.8. The van der Waals surface area contributed by atoms with Gasteiger partial charge < -0.3 is 0 Å². The van der Waals surface area contributed by atoms with Crippen LogP contribution in [0.5, 0.6) is 0 Å². The van der Waals surface area contributed by atoms with Gasteiger partial charge in [0.1, 0.15) is 4.83 Å². The highest BCUT2D eigenvalue weighted by Crippen LogP contribution is 2.36. The van der Waals surface area contributed by atoms with E-state index in [1.54, 1.807) is 46.2 Å². The van der Waals surface area contributed by atoms with Gasteiger partial charge in [-0.05, 0) is 60.7 Å². The predicted molar refractivity (Wildman–Crippen MR) is 150 cm³/mol. The van der Waals surface area contributed by atoms with Crippen molar-refractivity contribution in [2.75, 3.05) is 5.75 Å². The number of nitrogens with zero attached hydrogens (tertiary/aromatic N) is 3. The second kappa shape index (κ2) is 11.0. The highest BCUT2D eigenvalue weighted by atomic mass is 35.5. The first-order valence-corrected chi connectivity index (χ1v) is 13.8. The van der Waals surface area contributed by atoms with E-state index < -0.39 is 0 Å². The second-order valence-electron chi connectivity index (χ2n) is 8.07. The van der Waals surface area contributed by atoms with Crippen LogP contribution in [0.15, 0.2) is 74.7 Å². The summed E-state index contributed by atoms with van der Waals surface area (Å²) < 4.78 is 1.56. The van der Waals surface area contributed by atoms with Gasteiger partial charge in [0.2, 0.25) is 0 Å². The van der Waals surface area contributed by atoms with Crippen LogP contribution in [-0.4, -0.2) is 27.4 Å². The van der Waals surface area contributed by atoms with Crippen molar-refractivity contribution in [2.24, 2.45) is 5.10 Å². The fourth-order valence-electron chi connectivity index (χ4n) is 4.01. The molecule has 6 nitrogen and oxygen atoms in total. The monoisotopic (exact) mass is 554 g/mol. The molecule has 10 heteroatoms. The van der Waals surface area contributed by atoms with E-state index >= 15 is 0 Å². The number of rotatable bonds is 7. The summed E-state index contributed by atoms with van der Waals surface area (Å²) in [6.45, 7) is 0. The maximum absolute atomic E-state index is 13.6. The predicted octanol–water partition coefficient (Wildman–Crippen LogP) is 6.06. The number of halogens is 2. The van der Waals surface area contributed by atoms with Crippen molar-refractivity contribution in [3.05, 3.63) is 91.0 Å². The van der Waals surface area contributed by atoms with Gasteiger partial charge >= 0.3 is 0 Å². The van der Waals surface area contributed by atoms with Gasteiger partial charge in [-0.15, -0.1) is 11.3 Å². The van der Waals surface area contributed by atoms with E-state index in [1.807, 2.05) is 30.3 Å². The standard InChI is InChI=1S/C26H20Cl2N4O2S2/c27-17-9-11-19(12-10-17)32-25(34)23-20-7-4-8-21(20)36-24(23)30-26(32)35-15-22(33)31-29-14-18(28)13-16-5-2-1-3-6-16/h1-3,5-6,9-14H,4,7-8,15H2,(H,31,33). The average Bonchev–Trinajstić information content (AvgIpc) is 3.45. The zero-order valence-electron chi connectivity index (χ0n) is 18.9. The minimum Gasteiger partial charge on any atom is -0.272 e. The maximum Gasteiger partial charge on any atom is 0.267 e. The van der Waals surface area contributed by atoms with Crippen LogP contribution in [-0.2, 0) is 17.6 Å². The van der Waals surface area contributed by atoms with E-state index in [1.165, 1.54) is 22.9 Å². The van der Waals surface area contributed by atoms with Crippen molar-refractivity contribution < 1.29 is 4.79 Å². The third kappa shape index (κ3) is 5.42. The van der Waals surface area contributed by atoms with Crippen LogP contribution in [0.1, 0.15) is 22.4 Å². The van der Waals surface area contributed by atoms with Crippen molar-refractivity contribution in [1.82, 2.24) is 15.0 Å². The van der Waals surface area contributed by atoms with Gasteiger partial charge in [-0.2, -0.15) is 5.10 Å². The molecular weight excluding hydrogens is 535 g/mol. The van der Waals surface area contributed by atoms with E-state index in [9.17, 15) is 9.59 Å². The molecule has 1 aliphatic rings. The van der Waals surface area contributed by atoms with Gasteiger partial charge in [-0.25, -0.2) is 10.4 Å². The summed E-state index contributed by atoms with van der Waals surface area (Å²) in [5, 5.41) is 6.00. The Morgan fingerprint density at radius 1 is 1.17 bits per heavy atom. The summed E-state index contributed by atoms with van der Waals surface area (Å²) >= 11 is 15.0. The molecule has 0 saturated carbocycles. The molecule has 0 atom stereocenters. The van der Waals surface area contributed by atoms with Gasteiger partial charge in [-0.1, -0.05) is 65.3 Å². The quantitative estimate of drug-likeness (QED) is 0.130. The number of aromatic nitrogens is 2. The van der Waals surface area contributed by atoms with Crippen molar-refractivity contribution >= 4 is 74.7 Å². The number of nitrogens with one attached hydrogen (secondary N) is 1. The Hall–Kier alpha value is -2.91. The minimum absolute atomic E-state index is 0.0218. The number of thiophene rings is 1. The third-order valence-corrected chi connectivity index (χ3v) is 8.19. The van der Waals surface area contributed by atoms with Crippen molar-refractivity contribution in [3.8, 4) is 5.69 Å². The lowest BCUT2D eigenvalue weighted by Crippen LogP contribution is -2.24. The molecule has 2 aromatic carbocycles. The molecule has 0 aliphatic heterocycles. The van der Waals surface area contributed by atoms with E-state index in [0.29, 0.717) is 31.1 Å². The molecule has 4 aromatic rings. The van der Waals surface area contributed by atoms with E-state index in [-0.39, 0.29) is 17.2 Å². The number of fused-ring (bicyclic) bond motifs is 3. The molecule has 0 spiro atoms. The lowest BCUT2D eigenvalue weighted by Gasteiger charge is -2.12. The van der Waals surface area contributed by atoms with Crippen LogP contribution >= 0.6 is 46.3 Å². The summed E-state index contributed by atoms with van der Waals surface area (Å²) in [7, 11) is 0. The van der Waals surface area contributed by atoms with Gasteiger partial charge in [0, 0.05) is 9.90 Å². The largest absolute Gasteiger partial charge is 0.272 e. The summed E-state index contributed by atoms with van der Waals surface area (Å²) in [6, 6.07) is 16.6. The number of allylic oxidation sites excluding steroid dienone is 1. The summed E-state index contributed by atoms with van der Waals surface area (Å²) in [4.78, 5) is 32.8. The molecule has 36 heavy (non-hydrogen) atoms. The van der Waals surface area contributed by atoms with Crippen LogP contribution < -0.4 is 11.0 Å². The fourth-order valence-corrected chi connectivity index (χ4v) is 6.42. The van der Waals surface area contributed by atoms with Crippen LogP contribution in [0.3, 0.4) is 0 Å². The average molecular weight is 556 g/mol. The van der Waals surface area contributed by atoms with E-state index in [0.717, 1.165) is 30.4 Å². The Balaban J connectivity index is 1.36. The topological polar surface area (TPSA) is 76.3 Å². The fraction of sp³-hybridized carbons (Fsp3) is 0.154. The molecule has 1 aliphatic carbocycles. The SMILES string of the molecule is O=C(CSc1nc2sc3c(c2c(=O)n1-c1ccc(Cl)cc1)CCC3)NN=CC(Cl)=Cc1ccccc1. The summed E-state index contributed by atoms with van der Waals surface area (Å²) in [5.74, 6) is -0.320. The Morgan fingerprint density at radius 3 is 2.72 bits per heavy atom. The highest BCUT2D eigenvalue weighted by Gasteiger charge is 2.24. The lowest BCUT2D eigenvalue weighted by molar-refractivity contribution is -0.118. The molecule has 0 saturated heterocycles. The smallest absolute Gasteiger partial charge is 0.267 e. The number of thioether (sulfide) groups is 1. The normalized spacial score (nSPS) is 13.4. The first-order chi connectivity index (χ1) is 17.5. The highest BCUT2D eigenvalue weighted by molar-refractivity contribution is 7.99. The number of carbonyl (C=O) groups excluding carboxylic acids is 1. The zero-order valence-corrected chi connectivity index (χ0v) is 22.1. The second-order valence-corrected chi connectivity index (χ2v) is 11.0. The Kier molecular flexibility index (Phi) is 7.57. The van der Waals surface area contributed by atoms with Crippen LogP contribution in [0.25, 0.3) is 22.0 Å². The van der Waals surface area contributed by atoms with Crippen molar-refractivity contribution in [3.63, 3.8) is 0 Å². The molecule has 2 heterocycles. The van der Waals surface area contributed by atoms with Gasteiger partial charge in [0.15, 0.2) is 5.16 Å². The number of hydrazone groups is 1. The third-order valence-electron chi connectivity index (χ3n) is 5.61. The number of hydrogen-bond donors (Lipinski definition) is 1. The molecule has 2 aromatic heterocycles. The van der Waals surface area contributed by atoms with Crippen molar-refractivity contribution in [2.45, 2.75) is 24.4 Å². The van der Waals surface area contributed by atoms with Gasteiger partial charge in [0.05, 0.1) is 28.1 Å². The zero-order chi connectivity index (χ0) is 25.1. The minimum atomic E-state index is -0.342.